The van der Waals surface area contributed by atoms with Crippen LogP contribution in [0.15, 0.2) is 24.3 Å². The minimum Gasteiger partial charge on any atom is -0.480 e. The molecule has 1 aromatic carbocycles. The molecule has 1 aliphatic heterocycles. The molecule has 1 saturated heterocycles. The molecule has 0 saturated carbocycles. The van der Waals surface area contributed by atoms with E-state index in [1.165, 1.54) is 0 Å². The molecule has 1 atom stereocenters. The summed E-state index contributed by atoms with van der Waals surface area (Å²) in [5.41, 5.74) is 1.96. The molecule has 1 aromatic rings. The molecule has 5 nitrogen and oxygen atoms in total. The average Bonchev–Trinajstić information content (AvgIpc) is 2.73. The van der Waals surface area contributed by atoms with Gasteiger partial charge < -0.3 is 10.0 Å². The van der Waals surface area contributed by atoms with E-state index in [1.807, 2.05) is 29.2 Å². The van der Waals surface area contributed by atoms with Gasteiger partial charge in [-0.25, -0.2) is 0 Å². The van der Waals surface area contributed by atoms with Crippen molar-refractivity contribution >= 4 is 11.9 Å². The molecular weight excluding hydrogens is 280 g/mol. The number of nitrogens with zero attached hydrogens (tertiary/aromatic N) is 2. The van der Waals surface area contributed by atoms with E-state index in [4.69, 9.17) is 0 Å². The van der Waals surface area contributed by atoms with E-state index in [1.54, 1.807) is 11.8 Å². The number of hydrogen-bond donors (Lipinski definition) is 1. The number of benzene rings is 1. The van der Waals surface area contributed by atoms with Crippen molar-refractivity contribution < 1.29 is 14.7 Å². The number of rotatable bonds is 4. The lowest BCUT2D eigenvalue weighted by Crippen LogP contribution is -2.38. The average molecular weight is 304 g/mol. The van der Waals surface area contributed by atoms with Crippen LogP contribution in [0.25, 0.3) is 0 Å². The van der Waals surface area contributed by atoms with Gasteiger partial charge in [-0.2, -0.15) is 0 Å². The number of aryl methyl sites for hydroxylation is 1. The number of carbonyl (C=O) groups excluding carboxylic acids is 1. The Hall–Kier alpha value is -1.88. The van der Waals surface area contributed by atoms with Gasteiger partial charge in [0.15, 0.2) is 0 Å². The van der Waals surface area contributed by atoms with Crippen molar-refractivity contribution in [2.45, 2.75) is 32.7 Å². The fourth-order valence-electron chi connectivity index (χ4n) is 3.00. The summed E-state index contributed by atoms with van der Waals surface area (Å²) in [5.74, 6) is -0.772. The number of carbonyl (C=O) groups is 2. The second-order valence-electron chi connectivity index (χ2n) is 5.73. The maximum absolute atomic E-state index is 11.8. The standard InChI is InChI=1S/C17H24N2O3/c1-3-14-6-4-7-15(12-14)16(17(21)22)19-9-5-8-18(10-11-19)13(2)20/h4,6-7,12,16H,3,5,8-11H2,1-2H3,(H,21,22)/t16-/m1/s1. The monoisotopic (exact) mass is 304 g/mol. The number of hydrogen-bond acceptors (Lipinski definition) is 3. The van der Waals surface area contributed by atoms with Crippen LogP contribution in [-0.4, -0.2) is 53.0 Å². The fraction of sp³-hybridized carbons (Fsp3) is 0.529. The Bertz CT molecular complexity index is 544. The quantitative estimate of drug-likeness (QED) is 0.923. The van der Waals surface area contributed by atoms with Crippen molar-refractivity contribution in [2.24, 2.45) is 0 Å². The number of aliphatic carboxylic acids is 1. The largest absolute Gasteiger partial charge is 0.480 e. The van der Waals surface area contributed by atoms with E-state index >= 15 is 0 Å². The van der Waals surface area contributed by atoms with E-state index in [-0.39, 0.29) is 5.91 Å². The van der Waals surface area contributed by atoms with Crippen LogP contribution in [0.3, 0.4) is 0 Å². The molecular formula is C17H24N2O3. The molecule has 1 fully saturated rings. The summed E-state index contributed by atoms with van der Waals surface area (Å²) in [6.07, 6.45) is 1.69. The predicted molar refractivity (Wildman–Crippen MR) is 84.6 cm³/mol. The van der Waals surface area contributed by atoms with Crippen LogP contribution in [0.1, 0.15) is 37.4 Å². The SMILES string of the molecule is CCc1cccc([C@H](C(=O)O)N2CCCN(C(C)=O)CC2)c1. The Labute approximate surface area is 131 Å². The first-order chi connectivity index (χ1) is 10.5. The van der Waals surface area contributed by atoms with E-state index in [9.17, 15) is 14.7 Å². The molecule has 120 valence electrons. The van der Waals surface area contributed by atoms with E-state index in [2.05, 4.69) is 6.92 Å². The Morgan fingerprint density at radius 3 is 2.64 bits per heavy atom. The van der Waals surface area contributed by atoms with Gasteiger partial charge in [0, 0.05) is 33.1 Å². The first kappa shape index (κ1) is 16.5. The van der Waals surface area contributed by atoms with Crippen LogP contribution in [0.5, 0.6) is 0 Å². The van der Waals surface area contributed by atoms with Crippen molar-refractivity contribution in [3.05, 3.63) is 35.4 Å². The zero-order valence-corrected chi connectivity index (χ0v) is 13.3. The summed E-state index contributed by atoms with van der Waals surface area (Å²) < 4.78 is 0. The predicted octanol–water partition coefficient (Wildman–Crippen LogP) is 1.93. The summed E-state index contributed by atoms with van der Waals surface area (Å²) in [7, 11) is 0. The second kappa shape index (κ2) is 7.40. The highest BCUT2D eigenvalue weighted by atomic mass is 16.4. The van der Waals surface area contributed by atoms with Crippen molar-refractivity contribution in [1.29, 1.82) is 0 Å². The summed E-state index contributed by atoms with van der Waals surface area (Å²) in [6.45, 7) is 6.20. The van der Waals surface area contributed by atoms with Gasteiger partial charge in [-0.3, -0.25) is 14.5 Å². The smallest absolute Gasteiger partial charge is 0.325 e. The highest BCUT2D eigenvalue weighted by Gasteiger charge is 2.29. The normalized spacial score (nSPS) is 17.8. The van der Waals surface area contributed by atoms with Crippen LogP contribution >= 0.6 is 0 Å². The molecule has 0 spiro atoms. The molecule has 0 aliphatic carbocycles. The summed E-state index contributed by atoms with van der Waals surface area (Å²) in [5, 5.41) is 9.69. The lowest BCUT2D eigenvalue weighted by molar-refractivity contribution is -0.143. The Morgan fingerprint density at radius 1 is 1.23 bits per heavy atom. The van der Waals surface area contributed by atoms with Gasteiger partial charge in [0.05, 0.1) is 0 Å². The zero-order valence-electron chi connectivity index (χ0n) is 13.3. The van der Waals surface area contributed by atoms with Crippen LogP contribution in [0.2, 0.25) is 0 Å². The van der Waals surface area contributed by atoms with E-state index < -0.39 is 12.0 Å². The van der Waals surface area contributed by atoms with Gasteiger partial charge in [0.1, 0.15) is 6.04 Å². The second-order valence-corrected chi connectivity index (χ2v) is 5.73. The van der Waals surface area contributed by atoms with Crippen molar-refractivity contribution in [3.63, 3.8) is 0 Å². The number of carboxylic acids is 1. The summed E-state index contributed by atoms with van der Waals surface area (Å²) >= 11 is 0. The van der Waals surface area contributed by atoms with Crippen LogP contribution in [0.4, 0.5) is 0 Å². The van der Waals surface area contributed by atoms with Gasteiger partial charge in [-0.15, -0.1) is 0 Å². The Balaban J connectivity index is 2.20. The van der Waals surface area contributed by atoms with Crippen LogP contribution < -0.4 is 0 Å². The van der Waals surface area contributed by atoms with Crippen molar-refractivity contribution in [1.82, 2.24) is 9.80 Å². The van der Waals surface area contributed by atoms with Gasteiger partial charge in [0.25, 0.3) is 0 Å². The lowest BCUT2D eigenvalue weighted by atomic mass is 10.0. The molecule has 22 heavy (non-hydrogen) atoms. The van der Waals surface area contributed by atoms with Gasteiger partial charge in [0.2, 0.25) is 5.91 Å². The Kier molecular flexibility index (Phi) is 5.55. The molecule has 1 amide bonds. The zero-order chi connectivity index (χ0) is 16.1. The third-order valence-corrected chi connectivity index (χ3v) is 4.25. The molecule has 2 rings (SSSR count). The maximum atomic E-state index is 11.8. The van der Waals surface area contributed by atoms with Gasteiger partial charge >= 0.3 is 5.97 Å². The van der Waals surface area contributed by atoms with Gasteiger partial charge in [-0.05, 0) is 24.0 Å². The van der Waals surface area contributed by atoms with Crippen molar-refractivity contribution in [3.8, 4) is 0 Å². The molecule has 1 N–H and O–H groups in total. The molecule has 0 aromatic heterocycles. The molecule has 5 heteroatoms. The number of carboxylic acid groups (broad SMARTS) is 1. The van der Waals surface area contributed by atoms with Crippen molar-refractivity contribution in [2.75, 3.05) is 26.2 Å². The first-order valence-corrected chi connectivity index (χ1v) is 7.84. The number of amides is 1. The maximum Gasteiger partial charge on any atom is 0.325 e. The highest BCUT2D eigenvalue weighted by Crippen LogP contribution is 2.24. The fourth-order valence-corrected chi connectivity index (χ4v) is 3.00. The lowest BCUT2D eigenvalue weighted by Gasteiger charge is -2.28. The minimum atomic E-state index is -0.829. The molecule has 0 radical (unpaired) electrons. The topological polar surface area (TPSA) is 60.9 Å². The summed E-state index contributed by atoms with van der Waals surface area (Å²) in [6, 6.07) is 7.16. The van der Waals surface area contributed by atoms with Crippen LogP contribution in [-0.2, 0) is 16.0 Å². The van der Waals surface area contributed by atoms with Gasteiger partial charge in [-0.1, -0.05) is 31.2 Å². The highest BCUT2D eigenvalue weighted by molar-refractivity contribution is 5.76. The summed E-state index contributed by atoms with van der Waals surface area (Å²) in [4.78, 5) is 27.1. The molecule has 0 unspecified atom stereocenters. The Morgan fingerprint density at radius 2 is 2.00 bits per heavy atom. The third-order valence-electron chi connectivity index (χ3n) is 4.25. The van der Waals surface area contributed by atoms with Crippen LogP contribution in [0, 0.1) is 0 Å². The molecule has 0 bridgehead atoms. The van der Waals surface area contributed by atoms with E-state index in [0.717, 1.165) is 24.0 Å². The third kappa shape index (κ3) is 3.85. The molecule has 1 heterocycles. The van der Waals surface area contributed by atoms with E-state index in [0.29, 0.717) is 26.2 Å². The minimum absolute atomic E-state index is 0.0571. The molecule has 1 aliphatic rings. The first-order valence-electron chi connectivity index (χ1n) is 7.84.